The van der Waals surface area contributed by atoms with Crippen molar-refractivity contribution in [2.45, 2.75) is 32.1 Å². The van der Waals surface area contributed by atoms with Crippen molar-refractivity contribution in [2.24, 2.45) is 5.92 Å². The Balaban J connectivity index is 1.94. The minimum Gasteiger partial charge on any atom is -0.484 e. The molecular weight excluding hydrogens is 252 g/mol. The quantitative estimate of drug-likeness (QED) is 0.908. The van der Waals surface area contributed by atoms with Crippen LogP contribution in [-0.2, 0) is 17.6 Å². The van der Waals surface area contributed by atoms with Gasteiger partial charge >= 0.3 is 5.97 Å². The zero-order valence-corrected chi connectivity index (χ0v) is 10.7. The summed E-state index contributed by atoms with van der Waals surface area (Å²) in [5, 5.41) is 10.0. The maximum atomic E-state index is 11.8. The molecule has 1 aromatic rings. The summed E-state index contributed by atoms with van der Waals surface area (Å²) < 4.78 is 5.50. The number of rotatable bonds is 4. The van der Waals surface area contributed by atoms with Gasteiger partial charge in [0.1, 0.15) is 5.78 Å². The van der Waals surface area contributed by atoms with E-state index in [9.17, 15) is 14.7 Å². The molecular formula is C13H14O4S. The maximum Gasteiger partial charge on any atom is 0.337 e. The summed E-state index contributed by atoms with van der Waals surface area (Å²) in [6.07, 6.45) is 3.77. The molecule has 0 spiro atoms. The minimum atomic E-state index is -0.934. The highest BCUT2D eigenvalue weighted by Gasteiger charge is 2.33. The Kier molecular flexibility index (Phi) is 2.86. The van der Waals surface area contributed by atoms with Gasteiger partial charge in [-0.2, -0.15) is 0 Å². The third-order valence-electron chi connectivity index (χ3n) is 3.43. The lowest BCUT2D eigenvalue weighted by Crippen LogP contribution is -2.11. The number of ketones is 1. The van der Waals surface area contributed by atoms with Crippen molar-refractivity contribution in [2.75, 3.05) is 6.61 Å². The van der Waals surface area contributed by atoms with E-state index in [-0.39, 0.29) is 18.1 Å². The van der Waals surface area contributed by atoms with Crippen LogP contribution in [0.4, 0.5) is 0 Å². The molecule has 18 heavy (non-hydrogen) atoms. The fourth-order valence-electron chi connectivity index (χ4n) is 2.33. The van der Waals surface area contributed by atoms with Gasteiger partial charge < -0.3 is 9.84 Å². The predicted molar refractivity (Wildman–Crippen MR) is 66.5 cm³/mol. The lowest BCUT2D eigenvalue weighted by molar-refractivity contribution is -0.119. The number of carbonyl (C=O) groups is 2. The molecule has 4 nitrogen and oxygen atoms in total. The highest BCUT2D eigenvalue weighted by molar-refractivity contribution is 7.14. The first-order chi connectivity index (χ1) is 8.66. The molecule has 0 aromatic carbocycles. The van der Waals surface area contributed by atoms with Crippen LogP contribution in [0.1, 0.15) is 40.1 Å². The molecule has 0 amide bonds. The second-order valence-corrected chi connectivity index (χ2v) is 5.91. The third kappa shape index (κ3) is 2.03. The normalized spacial score (nSPS) is 18.0. The van der Waals surface area contributed by atoms with Crippen LogP contribution in [0.3, 0.4) is 0 Å². The van der Waals surface area contributed by atoms with Crippen LogP contribution in [0.15, 0.2) is 0 Å². The van der Waals surface area contributed by atoms with Crippen LogP contribution in [0.2, 0.25) is 0 Å². The van der Waals surface area contributed by atoms with Gasteiger partial charge in [0.2, 0.25) is 0 Å². The Labute approximate surface area is 109 Å². The number of carboxylic acids is 1. The Morgan fingerprint density at radius 2 is 2.17 bits per heavy atom. The number of hydrogen-bond donors (Lipinski definition) is 1. The SMILES string of the molecule is O=C(O)c1c(CC(=O)C2CC2)sc2c1CCCO2. The highest BCUT2D eigenvalue weighted by atomic mass is 32.1. The summed E-state index contributed by atoms with van der Waals surface area (Å²) in [4.78, 5) is 23.9. The first kappa shape index (κ1) is 11.7. The second kappa shape index (κ2) is 4.39. The van der Waals surface area contributed by atoms with E-state index in [1.807, 2.05) is 0 Å². The van der Waals surface area contributed by atoms with Crippen LogP contribution in [0.25, 0.3) is 0 Å². The van der Waals surface area contributed by atoms with Crippen LogP contribution < -0.4 is 4.74 Å². The molecule has 5 heteroatoms. The molecule has 0 radical (unpaired) electrons. The van der Waals surface area contributed by atoms with Gasteiger partial charge in [0, 0.05) is 22.8 Å². The summed E-state index contributed by atoms with van der Waals surface area (Å²) in [5.74, 6) is -0.584. The Morgan fingerprint density at radius 1 is 1.39 bits per heavy atom. The van der Waals surface area contributed by atoms with E-state index in [0.717, 1.165) is 31.2 Å². The van der Waals surface area contributed by atoms with Crippen molar-refractivity contribution in [3.8, 4) is 5.06 Å². The molecule has 1 N–H and O–H groups in total. The highest BCUT2D eigenvalue weighted by Crippen LogP contribution is 2.40. The minimum absolute atomic E-state index is 0.173. The fraction of sp³-hybridized carbons (Fsp3) is 0.538. The summed E-state index contributed by atoms with van der Waals surface area (Å²) >= 11 is 1.34. The van der Waals surface area contributed by atoms with E-state index in [4.69, 9.17) is 4.74 Å². The number of aromatic carboxylic acids is 1. The predicted octanol–water partition coefficient (Wildman–Crippen LogP) is 2.29. The van der Waals surface area contributed by atoms with Crippen molar-refractivity contribution < 1.29 is 19.4 Å². The zero-order valence-electron chi connectivity index (χ0n) is 9.90. The van der Waals surface area contributed by atoms with Crippen LogP contribution in [0, 0.1) is 5.92 Å². The molecule has 0 bridgehead atoms. The summed E-state index contributed by atoms with van der Waals surface area (Å²) in [7, 11) is 0. The third-order valence-corrected chi connectivity index (χ3v) is 4.57. The van der Waals surface area contributed by atoms with Gasteiger partial charge in [-0.25, -0.2) is 4.79 Å². The topological polar surface area (TPSA) is 63.6 Å². The van der Waals surface area contributed by atoms with Gasteiger partial charge in [0.15, 0.2) is 5.06 Å². The molecule has 1 fully saturated rings. The monoisotopic (exact) mass is 266 g/mol. The van der Waals surface area contributed by atoms with Crippen molar-refractivity contribution in [3.63, 3.8) is 0 Å². The van der Waals surface area contributed by atoms with Crippen molar-refractivity contribution in [1.29, 1.82) is 0 Å². The number of Topliss-reactive ketones (excluding diaryl/α,β-unsaturated/α-hetero) is 1. The first-order valence-corrected chi connectivity index (χ1v) is 7.02. The largest absolute Gasteiger partial charge is 0.484 e. The molecule has 2 aliphatic rings. The molecule has 96 valence electrons. The van der Waals surface area contributed by atoms with Gasteiger partial charge in [-0.1, -0.05) is 0 Å². The van der Waals surface area contributed by atoms with E-state index in [1.165, 1.54) is 11.3 Å². The van der Waals surface area contributed by atoms with E-state index < -0.39 is 5.97 Å². The van der Waals surface area contributed by atoms with Gasteiger partial charge in [-0.15, -0.1) is 11.3 Å². The number of carbonyl (C=O) groups excluding carboxylic acids is 1. The maximum absolute atomic E-state index is 11.8. The van der Waals surface area contributed by atoms with Gasteiger partial charge in [0.05, 0.1) is 12.2 Å². The summed E-state index contributed by atoms with van der Waals surface area (Å²) in [6, 6.07) is 0. The molecule has 1 saturated carbocycles. The first-order valence-electron chi connectivity index (χ1n) is 6.20. The Bertz CT molecular complexity index is 513. The molecule has 3 rings (SSSR count). The molecule has 0 atom stereocenters. The lowest BCUT2D eigenvalue weighted by atomic mass is 10.0. The summed E-state index contributed by atoms with van der Waals surface area (Å²) in [6.45, 7) is 0.641. The molecule has 2 heterocycles. The van der Waals surface area contributed by atoms with Crippen molar-refractivity contribution >= 4 is 23.1 Å². The van der Waals surface area contributed by atoms with E-state index >= 15 is 0 Å². The molecule has 1 aromatic heterocycles. The standard InChI is InChI=1S/C13H14O4S/c14-9(7-3-4-7)6-10-11(12(15)16)8-2-1-5-17-13(8)18-10/h7H,1-6H2,(H,15,16). The smallest absolute Gasteiger partial charge is 0.337 e. The van der Waals surface area contributed by atoms with E-state index in [0.29, 0.717) is 22.1 Å². The molecule has 0 saturated heterocycles. The number of thiophene rings is 1. The van der Waals surface area contributed by atoms with Gasteiger partial charge in [0.25, 0.3) is 0 Å². The van der Waals surface area contributed by atoms with Gasteiger partial charge in [-0.05, 0) is 25.7 Å². The molecule has 1 aliphatic heterocycles. The van der Waals surface area contributed by atoms with Gasteiger partial charge in [-0.3, -0.25) is 4.79 Å². The number of hydrogen-bond acceptors (Lipinski definition) is 4. The van der Waals surface area contributed by atoms with Crippen molar-refractivity contribution in [3.05, 3.63) is 16.0 Å². The fourth-order valence-corrected chi connectivity index (χ4v) is 3.55. The number of ether oxygens (including phenoxy) is 1. The second-order valence-electron chi connectivity index (χ2n) is 4.84. The van der Waals surface area contributed by atoms with Crippen LogP contribution in [0.5, 0.6) is 5.06 Å². The van der Waals surface area contributed by atoms with Crippen LogP contribution >= 0.6 is 11.3 Å². The van der Waals surface area contributed by atoms with Crippen molar-refractivity contribution in [1.82, 2.24) is 0 Å². The Morgan fingerprint density at radius 3 is 2.83 bits per heavy atom. The lowest BCUT2D eigenvalue weighted by Gasteiger charge is -2.12. The zero-order chi connectivity index (χ0) is 12.7. The van der Waals surface area contributed by atoms with E-state index in [1.54, 1.807) is 0 Å². The number of carboxylic acid groups (broad SMARTS) is 1. The molecule has 1 aliphatic carbocycles. The average Bonchev–Trinajstić information content (AvgIpc) is 3.10. The average molecular weight is 266 g/mol. The molecule has 0 unspecified atom stereocenters. The van der Waals surface area contributed by atoms with E-state index in [2.05, 4.69) is 0 Å². The number of fused-ring (bicyclic) bond motifs is 1. The summed E-state index contributed by atoms with van der Waals surface area (Å²) in [5.41, 5.74) is 1.11. The Hall–Kier alpha value is -1.36. The van der Waals surface area contributed by atoms with Crippen LogP contribution in [-0.4, -0.2) is 23.5 Å².